The molecule has 0 heterocycles. The minimum absolute atomic E-state index is 1.19. The summed E-state index contributed by atoms with van der Waals surface area (Å²) in [5.41, 5.74) is 0. The summed E-state index contributed by atoms with van der Waals surface area (Å²) in [5.74, 6) is -1.19. The van der Waals surface area contributed by atoms with Crippen molar-refractivity contribution < 1.29 is 39.3 Å². The Morgan fingerprint density at radius 2 is 1.75 bits per heavy atom. The molecule has 53 valence electrons. The van der Waals surface area contributed by atoms with Gasteiger partial charge in [0, 0.05) is 0 Å². The van der Waals surface area contributed by atoms with Gasteiger partial charge in [0.25, 0.3) is 0 Å². The van der Waals surface area contributed by atoms with Crippen LogP contribution in [0.1, 0.15) is 6.92 Å². The zero-order valence-electron chi connectivity index (χ0n) is 4.09. The Kier molecular flexibility index (Phi) is 9.47. The predicted molar refractivity (Wildman–Crippen MR) is 20.0 cm³/mol. The topological polar surface area (TPSA) is 74.6 Å². The first-order valence-electron chi connectivity index (χ1n) is 1.68. The van der Waals surface area contributed by atoms with Gasteiger partial charge in [0.2, 0.25) is 0 Å². The van der Waals surface area contributed by atoms with Crippen molar-refractivity contribution in [2.24, 2.45) is 0 Å². The molecule has 0 saturated carbocycles. The number of carboxylic acid groups (broad SMARTS) is 1. The first kappa shape index (κ1) is 10.9. The molecule has 0 amide bonds. The zero-order valence-corrected chi connectivity index (χ0v) is 5.57. The molecule has 0 rings (SSSR count). The van der Waals surface area contributed by atoms with Crippen LogP contribution in [0.5, 0.6) is 0 Å². The fourth-order valence-corrected chi connectivity index (χ4v) is 0. The van der Waals surface area contributed by atoms with Crippen LogP contribution in [0.15, 0.2) is 0 Å². The van der Waals surface area contributed by atoms with Crippen molar-refractivity contribution >= 4 is 5.97 Å². The van der Waals surface area contributed by atoms with Crippen LogP contribution in [-0.2, 0) is 29.1 Å². The van der Waals surface area contributed by atoms with Crippen LogP contribution in [0.3, 0.4) is 0 Å². The predicted octanol–water partition coefficient (Wildman–Crippen LogP) is -0.669. The summed E-state index contributed by atoms with van der Waals surface area (Å²) in [6.07, 6.45) is -1.23. The molecule has 8 heavy (non-hydrogen) atoms. The zero-order chi connectivity index (χ0) is 7.15. The van der Waals surface area contributed by atoms with E-state index in [4.69, 9.17) is 13.5 Å². The van der Waals surface area contributed by atoms with E-state index in [1.54, 1.807) is 21.0 Å². The Hall–Kier alpha value is -0.0297. The van der Waals surface area contributed by atoms with Crippen LogP contribution in [0.25, 0.3) is 0 Å². The van der Waals surface area contributed by atoms with Crippen LogP contribution < -0.4 is 0 Å². The molecule has 0 fully saturated rings. The molecule has 0 aliphatic heterocycles. The van der Waals surface area contributed by atoms with Gasteiger partial charge in [-0.3, -0.25) is 0 Å². The second-order valence-electron chi connectivity index (χ2n) is 1.01. The monoisotopic (exact) mass is 213 g/mol. The van der Waals surface area contributed by atoms with Crippen LogP contribution in [0.4, 0.5) is 0 Å². The third-order valence-electron chi connectivity index (χ3n) is 0.357. The molecule has 0 saturated heterocycles. The second-order valence-corrected chi connectivity index (χ2v) is 1.01. The fourth-order valence-electron chi connectivity index (χ4n) is 0. The van der Waals surface area contributed by atoms with E-state index in [-0.39, 0.29) is 0 Å². The van der Waals surface area contributed by atoms with Gasteiger partial charge in [-0.15, -0.1) is 0 Å². The van der Waals surface area contributed by atoms with Gasteiger partial charge in [0.05, 0.1) is 0 Å². The molecule has 2 N–H and O–H groups in total. The summed E-state index contributed by atoms with van der Waals surface area (Å²) >= 11 is 1.70. The molecular weight excluding hydrogens is 208 g/mol. The van der Waals surface area contributed by atoms with Crippen molar-refractivity contribution in [2.45, 2.75) is 13.0 Å². The van der Waals surface area contributed by atoms with Gasteiger partial charge < -0.3 is 10.2 Å². The molecule has 0 aromatic heterocycles. The number of aliphatic hydroxyl groups excluding tert-OH is 1. The Morgan fingerprint density at radius 3 is 1.75 bits per heavy atom. The Balaban J connectivity index is 0. The first-order chi connectivity index (χ1) is 3.64. The van der Waals surface area contributed by atoms with Crippen LogP contribution in [0, 0.1) is 0 Å². The number of aliphatic hydroxyl groups is 1. The van der Waals surface area contributed by atoms with Crippen molar-refractivity contribution in [1.29, 1.82) is 0 Å². The molecule has 0 aliphatic rings. The maximum atomic E-state index is 9.45. The van der Waals surface area contributed by atoms with Crippen LogP contribution in [-0.4, -0.2) is 22.3 Å². The van der Waals surface area contributed by atoms with Crippen LogP contribution in [0.2, 0.25) is 0 Å². The molecule has 4 nitrogen and oxygen atoms in total. The second kappa shape index (κ2) is 6.97. The van der Waals surface area contributed by atoms with Crippen molar-refractivity contribution in [1.82, 2.24) is 0 Å². The van der Waals surface area contributed by atoms with E-state index in [1.165, 1.54) is 6.92 Å². The molecule has 5 heteroatoms. The average Bonchev–Trinajstić information content (AvgIpc) is 1.72. The molecule has 0 aromatic carbocycles. The van der Waals surface area contributed by atoms with Crippen molar-refractivity contribution in [3.63, 3.8) is 0 Å². The Morgan fingerprint density at radius 1 is 1.62 bits per heavy atom. The molecule has 0 bridgehead atoms. The van der Waals surface area contributed by atoms with Gasteiger partial charge >= 0.3 is 30.3 Å². The van der Waals surface area contributed by atoms with E-state index in [2.05, 4.69) is 0 Å². The SMILES string of the molecule is CC(O)C(=O)O.[O]=[Ag]. The summed E-state index contributed by atoms with van der Waals surface area (Å²) in [4.78, 5) is 9.45. The number of carbonyl (C=O) groups is 1. The van der Waals surface area contributed by atoms with Gasteiger partial charge in [-0.25, -0.2) is 4.79 Å². The molecular formula is C3H6AgO4. The number of hydrogen-bond donors (Lipinski definition) is 2. The third-order valence-corrected chi connectivity index (χ3v) is 0.357. The Bertz CT molecular complexity index is 71.7. The van der Waals surface area contributed by atoms with Crippen molar-refractivity contribution in [3.05, 3.63) is 0 Å². The standard InChI is InChI=1S/C3H6O3.Ag.O/c1-2(4)3(5)6;;/h2,4H,1H3,(H,5,6);;. The first-order valence-corrected chi connectivity index (χ1v) is 2.28. The van der Waals surface area contributed by atoms with Gasteiger partial charge in [0.1, 0.15) is 6.10 Å². The molecule has 0 radical (unpaired) electrons. The quantitative estimate of drug-likeness (QED) is 0.567. The molecule has 0 aliphatic carbocycles. The third kappa shape index (κ3) is 9.36. The van der Waals surface area contributed by atoms with E-state index >= 15 is 0 Å². The van der Waals surface area contributed by atoms with E-state index in [1.807, 2.05) is 0 Å². The number of carboxylic acids is 1. The Labute approximate surface area is 58.8 Å². The molecule has 1 unspecified atom stereocenters. The summed E-state index contributed by atoms with van der Waals surface area (Å²) in [6.45, 7) is 1.20. The number of hydrogen-bond acceptors (Lipinski definition) is 3. The van der Waals surface area contributed by atoms with Gasteiger partial charge in [-0.2, -0.15) is 0 Å². The van der Waals surface area contributed by atoms with Gasteiger partial charge in [-0.05, 0) is 6.92 Å². The summed E-state index contributed by atoms with van der Waals surface area (Å²) in [5, 5.41) is 15.8. The van der Waals surface area contributed by atoms with E-state index in [9.17, 15) is 4.79 Å². The fraction of sp³-hybridized carbons (Fsp3) is 0.667. The average molecular weight is 214 g/mol. The molecule has 0 spiro atoms. The van der Waals surface area contributed by atoms with E-state index < -0.39 is 12.1 Å². The summed E-state index contributed by atoms with van der Waals surface area (Å²) in [6, 6.07) is 0. The van der Waals surface area contributed by atoms with Crippen molar-refractivity contribution in [2.75, 3.05) is 0 Å². The van der Waals surface area contributed by atoms with Gasteiger partial charge in [-0.1, -0.05) is 0 Å². The summed E-state index contributed by atoms with van der Waals surface area (Å²) < 4.78 is 8.06. The minimum atomic E-state index is -1.23. The van der Waals surface area contributed by atoms with Crippen molar-refractivity contribution in [3.8, 4) is 0 Å². The van der Waals surface area contributed by atoms with Gasteiger partial charge in [0.15, 0.2) is 0 Å². The molecule has 1 atom stereocenters. The summed E-state index contributed by atoms with van der Waals surface area (Å²) in [7, 11) is 0. The number of aliphatic carboxylic acids is 1. The maximum absolute atomic E-state index is 9.45. The van der Waals surface area contributed by atoms with E-state index in [0.29, 0.717) is 0 Å². The van der Waals surface area contributed by atoms with Crippen LogP contribution >= 0.6 is 0 Å². The number of rotatable bonds is 1. The molecule has 0 aromatic rings. The van der Waals surface area contributed by atoms with E-state index in [0.717, 1.165) is 0 Å². The normalized spacial score (nSPS) is 11.0.